The van der Waals surface area contributed by atoms with E-state index in [0.29, 0.717) is 10.9 Å². The molecule has 1 N–H and O–H groups in total. The predicted molar refractivity (Wildman–Crippen MR) is 87.7 cm³/mol. The predicted octanol–water partition coefficient (Wildman–Crippen LogP) is 2.45. The van der Waals surface area contributed by atoms with Crippen LogP contribution in [0.25, 0.3) is 0 Å². The smallest absolute Gasteiger partial charge is 0.178 e. The number of nitrogens with zero attached hydrogens (tertiary/aromatic N) is 1. The first-order valence-corrected chi connectivity index (χ1v) is 9.54. The van der Waals surface area contributed by atoms with E-state index in [-0.39, 0.29) is 5.75 Å². The van der Waals surface area contributed by atoms with Gasteiger partial charge in [-0.15, -0.1) is 0 Å². The molecular weight excluding hydrogens is 284 g/mol. The molecule has 0 bridgehead atoms. The molecule has 1 unspecified atom stereocenters. The summed E-state index contributed by atoms with van der Waals surface area (Å²) >= 11 is 0. The van der Waals surface area contributed by atoms with Crippen molar-refractivity contribution in [1.82, 2.24) is 5.32 Å². The topological polar surface area (TPSA) is 49.4 Å². The summed E-state index contributed by atoms with van der Waals surface area (Å²) in [7, 11) is -3.10. The quantitative estimate of drug-likeness (QED) is 0.786. The molecule has 1 fully saturated rings. The first kappa shape index (κ1) is 16.3. The molecule has 21 heavy (non-hydrogen) atoms. The fourth-order valence-corrected chi connectivity index (χ4v) is 3.73. The van der Waals surface area contributed by atoms with Gasteiger partial charge in [0.05, 0.1) is 10.6 Å². The van der Waals surface area contributed by atoms with Crippen molar-refractivity contribution < 1.29 is 8.42 Å². The van der Waals surface area contributed by atoms with E-state index in [1.54, 1.807) is 19.1 Å². The fraction of sp³-hybridized carbons (Fsp3) is 0.625. The standard InChI is InChI=1S/C16H26N2O2S/c1-3-11-17-13-15-6-5-12-18(15)14-7-9-16(10-8-14)21(19,20)4-2/h7-10,15,17H,3-6,11-13H2,1-2H3. The molecule has 1 heterocycles. The minimum absolute atomic E-state index is 0.152. The summed E-state index contributed by atoms with van der Waals surface area (Å²) in [5.41, 5.74) is 1.13. The normalized spacial score (nSPS) is 19.1. The van der Waals surface area contributed by atoms with Crippen LogP contribution in [0.2, 0.25) is 0 Å². The summed E-state index contributed by atoms with van der Waals surface area (Å²) in [6.07, 6.45) is 3.55. The monoisotopic (exact) mass is 310 g/mol. The van der Waals surface area contributed by atoms with Gasteiger partial charge >= 0.3 is 0 Å². The minimum Gasteiger partial charge on any atom is -0.367 e. The number of anilines is 1. The second-order valence-corrected chi connectivity index (χ2v) is 7.87. The largest absolute Gasteiger partial charge is 0.367 e. The van der Waals surface area contributed by atoms with E-state index in [9.17, 15) is 8.42 Å². The summed E-state index contributed by atoms with van der Waals surface area (Å²) in [5, 5.41) is 3.48. The Morgan fingerprint density at radius 2 is 1.95 bits per heavy atom. The van der Waals surface area contributed by atoms with E-state index >= 15 is 0 Å². The van der Waals surface area contributed by atoms with E-state index in [4.69, 9.17) is 0 Å². The molecule has 5 heteroatoms. The van der Waals surface area contributed by atoms with Crippen molar-refractivity contribution in [1.29, 1.82) is 0 Å². The highest BCUT2D eigenvalue weighted by molar-refractivity contribution is 7.91. The van der Waals surface area contributed by atoms with E-state index in [1.165, 1.54) is 12.8 Å². The Kier molecular flexibility index (Phi) is 5.65. The van der Waals surface area contributed by atoms with Gasteiger partial charge in [-0.25, -0.2) is 8.42 Å². The van der Waals surface area contributed by atoms with Gasteiger partial charge in [-0.3, -0.25) is 0 Å². The Labute approximate surface area is 128 Å². The molecule has 1 aromatic carbocycles. The van der Waals surface area contributed by atoms with Crippen LogP contribution in [0.15, 0.2) is 29.2 Å². The molecule has 1 aromatic rings. The summed E-state index contributed by atoms with van der Waals surface area (Å²) in [6.45, 7) is 6.96. The van der Waals surface area contributed by atoms with E-state index in [2.05, 4.69) is 17.1 Å². The zero-order chi connectivity index (χ0) is 15.3. The van der Waals surface area contributed by atoms with Crippen molar-refractivity contribution in [3.8, 4) is 0 Å². The van der Waals surface area contributed by atoms with Crippen LogP contribution in [-0.4, -0.2) is 39.8 Å². The first-order valence-electron chi connectivity index (χ1n) is 7.88. The van der Waals surface area contributed by atoms with Gasteiger partial charge in [-0.1, -0.05) is 13.8 Å². The minimum atomic E-state index is -3.10. The van der Waals surface area contributed by atoms with E-state index in [0.717, 1.165) is 31.7 Å². The highest BCUT2D eigenvalue weighted by atomic mass is 32.2. The number of hydrogen-bond acceptors (Lipinski definition) is 4. The molecule has 0 amide bonds. The fourth-order valence-electron chi connectivity index (χ4n) is 2.84. The number of hydrogen-bond donors (Lipinski definition) is 1. The second kappa shape index (κ2) is 7.27. The van der Waals surface area contributed by atoms with Crippen molar-refractivity contribution in [3.63, 3.8) is 0 Å². The van der Waals surface area contributed by atoms with Crippen LogP contribution in [0, 0.1) is 0 Å². The zero-order valence-electron chi connectivity index (χ0n) is 13.0. The SMILES string of the molecule is CCCNCC1CCCN1c1ccc(S(=O)(=O)CC)cc1. The van der Waals surface area contributed by atoms with Crippen molar-refractivity contribution in [2.45, 2.75) is 44.0 Å². The highest BCUT2D eigenvalue weighted by Gasteiger charge is 2.24. The first-order chi connectivity index (χ1) is 10.1. The van der Waals surface area contributed by atoms with Gasteiger partial charge in [-0.2, -0.15) is 0 Å². The summed E-state index contributed by atoms with van der Waals surface area (Å²) in [5.74, 6) is 0.152. The molecule has 0 aliphatic carbocycles. The maximum atomic E-state index is 11.8. The van der Waals surface area contributed by atoms with Gasteiger partial charge in [-0.05, 0) is 50.1 Å². The van der Waals surface area contributed by atoms with Gasteiger partial charge in [0.1, 0.15) is 0 Å². The average molecular weight is 310 g/mol. The van der Waals surface area contributed by atoms with E-state index < -0.39 is 9.84 Å². The molecule has 0 radical (unpaired) electrons. The van der Waals surface area contributed by atoms with Crippen LogP contribution in [0.1, 0.15) is 33.1 Å². The highest BCUT2D eigenvalue weighted by Crippen LogP contribution is 2.26. The maximum Gasteiger partial charge on any atom is 0.178 e. The third kappa shape index (κ3) is 3.98. The summed E-state index contributed by atoms with van der Waals surface area (Å²) in [6, 6.07) is 7.89. The zero-order valence-corrected chi connectivity index (χ0v) is 13.8. The number of nitrogens with one attached hydrogen (secondary N) is 1. The molecule has 1 saturated heterocycles. The second-order valence-electron chi connectivity index (χ2n) is 5.59. The Bertz CT molecular complexity index is 540. The molecule has 0 spiro atoms. The molecule has 0 saturated carbocycles. The number of benzene rings is 1. The Morgan fingerprint density at radius 3 is 2.57 bits per heavy atom. The lowest BCUT2D eigenvalue weighted by molar-refractivity contribution is 0.571. The average Bonchev–Trinajstić information content (AvgIpc) is 2.96. The van der Waals surface area contributed by atoms with Crippen molar-refractivity contribution >= 4 is 15.5 Å². The van der Waals surface area contributed by atoms with Crippen molar-refractivity contribution in [2.75, 3.05) is 30.3 Å². The molecule has 118 valence electrons. The lowest BCUT2D eigenvalue weighted by Crippen LogP contribution is -2.38. The van der Waals surface area contributed by atoms with Crippen LogP contribution in [0.5, 0.6) is 0 Å². The Morgan fingerprint density at radius 1 is 1.24 bits per heavy atom. The van der Waals surface area contributed by atoms with Gasteiger partial charge in [0.25, 0.3) is 0 Å². The van der Waals surface area contributed by atoms with Crippen LogP contribution in [-0.2, 0) is 9.84 Å². The summed E-state index contributed by atoms with van der Waals surface area (Å²) < 4.78 is 23.7. The maximum absolute atomic E-state index is 11.8. The van der Waals surface area contributed by atoms with Crippen LogP contribution < -0.4 is 10.2 Å². The van der Waals surface area contributed by atoms with Crippen LogP contribution >= 0.6 is 0 Å². The summed E-state index contributed by atoms with van der Waals surface area (Å²) in [4.78, 5) is 2.82. The Balaban J connectivity index is 2.07. The van der Waals surface area contributed by atoms with Crippen molar-refractivity contribution in [2.24, 2.45) is 0 Å². The van der Waals surface area contributed by atoms with Gasteiger partial charge < -0.3 is 10.2 Å². The molecule has 4 nitrogen and oxygen atoms in total. The third-order valence-corrected chi connectivity index (χ3v) is 5.84. The van der Waals surface area contributed by atoms with Crippen molar-refractivity contribution in [3.05, 3.63) is 24.3 Å². The lowest BCUT2D eigenvalue weighted by Gasteiger charge is -2.27. The van der Waals surface area contributed by atoms with Gasteiger partial charge in [0.15, 0.2) is 9.84 Å². The molecule has 1 aliphatic rings. The van der Waals surface area contributed by atoms with Gasteiger partial charge in [0.2, 0.25) is 0 Å². The Hall–Kier alpha value is -1.07. The third-order valence-electron chi connectivity index (χ3n) is 4.09. The molecule has 0 aromatic heterocycles. The van der Waals surface area contributed by atoms with Crippen LogP contribution in [0.3, 0.4) is 0 Å². The lowest BCUT2D eigenvalue weighted by atomic mass is 10.2. The number of rotatable bonds is 7. The molecule has 1 atom stereocenters. The van der Waals surface area contributed by atoms with E-state index in [1.807, 2.05) is 12.1 Å². The molecule has 2 rings (SSSR count). The number of sulfone groups is 1. The van der Waals surface area contributed by atoms with Crippen LogP contribution in [0.4, 0.5) is 5.69 Å². The van der Waals surface area contributed by atoms with Gasteiger partial charge in [0, 0.05) is 24.8 Å². The molecular formula is C16H26N2O2S. The molecule has 1 aliphatic heterocycles.